The number of nitrogens with one attached hydrogen (secondary N) is 1. The van der Waals surface area contributed by atoms with Gasteiger partial charge in [-0.2, -0.15) is 0 Å². The fraction of sp³-hybridized carbons (Fsp3) is 0.375. The van der Waals surface area contributed by atoms with Gasteiger partial charge in [-0.3, -0.25) is 0 Å². The second-order valence-electron chi connectivity index (χ2n) is 4.83. The first kappa shape index (κ1) is 13.5. The lowest BCUT2D eigenvalue weighted by atomic mass is 10.1. The largest absolute Gasteiger partial charge is 0.368 e. The minimum absolute atomic E-state index is 0.888. The molecule has 3 heteroatoms. The van der Waals surface area contributed by atoms with E-state index in [1.54, 1.807) is 0 Å². The Hall–Kier alpha value is -1.90. The van der Waals surface area contributed by atoms with Crippen LogP contribution >= 0.6 is 0 Å². The Balaban J connectivity index is 2.54. The van der Waals surface area contributed by atoms with Crippen LogP contribution in [0.3, 0.4) is 0 Å². The summed E-state index contributed by atoms with van der Waals surface area (Å²) in [5.74, 6) is 0.888. The lowest BCUT2D eigenvalue weighted by molar-refractivity contribution is 0.953. The van der Waals surface area contributed by atoms with E-state index in [1.165, 1.54) is 5.56 Å². The molecular weight excluding hydrogens is 234 g/mol. The van der Waals surface area contributed by atoms with Gasteiger partial charge >= 0.3 is 0 Å². The number of anilines is 1. The summed E-state index contributed by atoms with van der Waals surface area (Å²) >= 11 is 0. The normalized spacial score (nSPS) is 10.5. The standard InChI is InChI=1S/C16H21N3/c1-5-10-17-16-15(18-12(3)13(4)19-16)14-9-7-6-8-11(14)2/h6-9H,5,10H2,1-4H3,(H,17,19). The maximum Gasteiger partial charge on any atom is 0.152 e. The van der Waals surface area contributed by atoms with Crippen LogP contribution in [0.15, 0.2) is 24.3 Å². The first-order valence-electron chi connectivity index (χ1n) is 6.78. The number of hydrogen-bond donors (Lipinski definition) is 1. The van der Waals surface area contributed by atoms with E-state index in [0.717, 1.165) is 41.4 Å². The smallest absolute Gasteiger partial charge is 0.152 e. The number of hydrogen-bond acceptors (Lipinski definition) is 3. The molecule has 0 aliphatic carbocycles. The predicted molar refractivity (Wildman–Crippen MR) is 80.5 cm³/mol. The Morgan fingerprint density at radius 2 is 1.68 bits per heavy atom. The minimum atomic E-state index is 0.888. The number of rotatable bonds is 4. The monoisotopic (exact) mass is 255 g/mol. The van der Waals surface area contributed by atoms with Crippen molar-refractivity contribution in [3.8, 4) is 11.3 Å². The molecule has 3 nitrogen and oxygen atoms in total. The van der Waals surface area contributed by atoms with Gasteiger partial charge in [0.25, 0.3) is 0 Å². The van der Waals surface area contributed by atoms with Crippen molar-refractivity contribution >= 4 is 5.82 Å². The Kier molecular flexibility index (Phi) is 4.15. The van der Waals surface area contributed by atoms with Crippen molar-refractivity contribution in [2.24, 2.45) is 0 Å². The molecule has 0 spiro atoms. The molecule has 0 saturated heterocycles. The van der Waals surface area contributed by atoms with Crippen molar-refractivity contribution in [3.05, 3.63) is 41.2 Å². The second-order valence-corrected chi connectivity index (χ2v) is 4.83. The van der Waals surface area contributed by atoms with Crippen LogP contribution in [0.25, 0.3) is 11.3 Å². The Morgan fingerprint density at radius 1 is 1.00 bits per heavy atom. The number of aromatic nitrogens is 2. The summed E-state index contributed by atoms with van der Waals surface area (Å²) in [5.41, 5.74) is 5.29. The summed E-state index contributed by atoms with van der Waals surface area (Å²) < 4.78 is 0. The third kappa shape index (κ3) is 2.92. The summed E-state index contributed by atoms with van der Waals surface area (Å²) in [6.07, 6.45) is 1.07. The van der Waals surface area contributed by atoms with Crippen LogP contribution in [0, 0.1) is 20.8 Å². The van der Waals surface area contributed by atoms with Crippen molar-refractivity contribution < 1.29 is 0 Å². The zero-order valence-corrected chi connectivity index (χ0v) is 12.1. The highest BCUT2D eigenvalue weighted by atomic mass is 15.0. The first-order valence-corrected chi connectivity index (χ1v) is 6.78. The highest BCUT2D eigenvalue weighted by Gasteiger charge is 2.12. The molecule has 1 aromatic carbocycles. The molecule has 0 atom stereocenters. The molecule has 0 aliphatic heterocycles. The van der Waals surface area contributed by atoms with Crippen molar-refractivity contribution in [2.75, 3.05) is 11.9 Å². The van der Waals surface area contributed by atoms with Crippen molar-refractivity contribution in [3.63, 3.8) is 0 Å². The molecule has 2 aromatic rings. The third-order valence-electron chi connectivity index (χ3n) is 3.25. The van der Waals surface area contributed by atoms with E-state index in [-0.39, 0.29) is 0 Å². The summed E-state index contributed by atoms with van der Waals surface area (Å²) in [7, 11) is 0. The van der Waals surface area contributed by atoms with Gasteiger partial charge in [0, 0.05) is 12.1 Å². The molecule has 0 unspecified atom stereocenters. The van der Waals surface area contributed by atoms with E-state index in [2.05, 4.69) is 36.3 Å². The van der Waals surface area contributed by atoms with Crippen LogP contribution in [0.1, 0.15) is 30.3 Å². The summed E-state index contributed by atoms with van der Waals surface area (Å²) in [5, 5.41) is 3.38. The predicted octanol–water partition coefficient (Wildman–Crippen LogP) is 3.89. The Morgan fingerprint density at radius 3 is 2.37 bits per heavy atom. The van der Waals surface area contributed by atoms with Crippen LogP contribution in [-0.4, -0.2) is 16.5 Å². The van der Waals surface area contributed by atoms with Crippen molar-refractivity contribution in [2.45, 2.75) is 34.1 Å². The zero-order chi connectivity index (χ0) is 13.8. The highest BCUT2D eigenvalue weighted by Crippen LogP contribution is 2.28. The van der Waals surface area contributed by atoms with E-state index in [1.807, 2.05) is 26.0 Å². The van der Waals surface area contributed by atoms with Crippen LogP contribution < -0.4 is 5.32 Å². The molecule has 0 bridgehead atoms. The second kappa shape index (κ2) is 5.83. The van der Waals surface area contributed by atoms with Gasteiger partial charge in [0.1, 0.15) is 5.69 Å². The average molecular weight is 255 g/mol. The van der Waals surface area contributed by atoms with Gasteiger partial charge in [-0.1, -0.05) is 31.2 Å². The molecule has 0 fully saturated rings. The average Bonchev–Trinajstić information content (AvgIpc) is 2.40. The van der Waals surface area contributed by atoms with Gasteiger partial charge < -0.3 is 5.32 Å². The molecule has 0 saturated carbocycles. The van der Waals surface area contributed by atoms with Gasteiger partial charge in [-0.25, -0.2) is 9.97 Å². The van der Waals surface area contributed by atoms with Gasteiger partial charge in [-0.15, -0.1) is 0 Å². The van der Waals surface area contributed by atoms with Crippen LogP contribution in [0.5, 0.6) is 0 Å². The topological polar surface area (TPSA) is 37.8 Å². The molecule has 0 radical (unpaired) electrons. The van der Waals surface area contributed by atoms with Crippen LogP contribution in [-0.2, 0) is 0 Å². The summed E-state index contributed by atoms with van der Waals surface area (Å²) in [6.45, 7) is 9.18. The zero-order valence-electron chi connectivity index (χ0n) is 12.1. The summed E-state index contributed by atoms with van der Waals surface area (Å²) in [4.78, 5) is 9.39. The maximum absolute atomic E-state index is 4.73. The van der Waals surface area contributed by atoms with Crippen LogP contribution in [0.4, 0.5) is 5.82 Å². The summed E-state index contributed by atoms with van der Waals surface area (Å²) in [6, 6.07) is 8.30. The van der Waals surface area contributed by atoms with E-state index in [0.29, 0.717) is 0 Å². The molecule has 100 valence electrons. The quantitative estimate of drug-likeness (QED) is 0.900. The van der Waals surface area contributed by atoms with E-state index < -0.39 is 0 Å². The third-order valence-corrected chi connectivity index (χ3v) is 3.25. The number of benzene rings is 1. The molecule has 1 heterocycles. The minimum Gasteiger partial charge on any atom is -0.368 e. The lowest BCUT2D eigenvalue weighted by Gasteiger charge is -2.14. The van der Waals surface area contributed by atoms with Crippen LogP contribution in [0.2, 0.25) is 0 Å². The van der Waals surface area contributed by atoms with E-state index in [9.17, 15) is 0 Å². The molecule has 1 aromatic heterocycles. The molecule has 19 heavy (non-hydrogen) atoms. The van der Waals surface area contributed by atoms with Crippen molar-refractivity contribution in [1.29, 1.82) is 0 Å². The van der Waals surface area contributed by atoms with Gasteiger partial charge in [0.15, 0.2) is 5.82 Å². The fourth-order valence-corrected chi connectivity index (χ4v) is 2.00. The maximum atomic E-state index is 4.73. The first-order chi connectivity index (χ1) is 9.13. The SMILES string of the molecule is CCCNc1nc(C)c(C)nc1-c1ccccc1C. The Labute approximate surface area is 115 Å². The van der Waals surface area contributed by atoms with Gasteiger partial charge in [0.2, 0.25) is 0 Å². The van der Waals surface area contributed by atoms with Crippen molar-refractivity contribution in [1.82, 2.24) is 9.97 Å². The van der Waals surface area contributed by atoms with Gasteiger partial charge in [0.05, 0.1) is 11.4 Å². The molecule has 2 rings (SSSR count). The van der Waals surface area contributed by atoms with E-state index in [4.69, 9.17) is 4.98 Å². The number of nitrogens with zero attached hydrogens (tertiary/aromatic N) is 2. The molecule has 1 N–H and O–H groups in total. The fourth-order valence-electron chi connectivity index (χ4n) is 2.00. The van der Waals surface area contributed by atoms with Gasteiger partial charge in [-0.05, 0) is 32.8 Å². The lowest BCUT2D eigenvalue weighted by Crippen LogP contribution is -2.08. The number of aryl methyl sites for hydroxylation is 3. The molecular formula is C16H21N3. The highest BCUT2D eigenvalue weighted by molar-refractivity contribution is 5.74. The Bertz CT molecular complexity index is 576. The van der Waals surface area contributed by atoms with E-state index >= 15 is 0 Å². The molecule has 0 aliphatic rings. The molecule has 0 amide bonds.